The monoisotopic (exact) mass is 374 g/mol. The summed E-state index contributed by atoms with van der Waals surface area (Å²) in [6.45, 7) is 1.69. The van der Waals surface area contributed by atoms with Gasteiger partial charge in [-0.05, 0) is 36.9 Å². The van der Waals surface area contributed by atoms with Crippen molar-refractivity contribution >= 4 is 24.3 Å². The van der Waals surface area contributed by atoms with Gasteiger partial charge in [-0.3, -0.25) is 4.98 Å². The van der Waals surface area contributed by atoms with Crippen molar-refractivity contribution in [3.63, 3.8) is 0 Å². The minimum Gasteiger partial charge on any atom is -0.478 e. The van der Waals surface area contributed by atoms with Crippen molar-refractivity contribution in [2.75, 3.05) is 13.1 Å². The standard InChI is InChI=1S/C19H18N2O4.ClH/c22-17(23)14-2-1-7-21-16(14)12-3-4-13-11-19(5-8-20-9-6-19)25-18(24)15(13)10-12;/h1-4,7,10,20H,5-6,8-9,11H2,(H,22,23);1H. The van der Waals surface area contributed by atoms with Crippen LogP contribution < -0.4 is 5.32 Å². The molecule has 0 unspecified atom stereocenters. The van der Waals surface area contributed by atoms with E-state index < -0.39 is 11.6 Å². The van der Waals surface area contributed by atoms with Crippen LogP contribution in [0.2, 0.25) is 0 Å². The van der Waals surface area contributed by atoms with Crippen LogP contribution >= 0.6 is 12.4 Å². The first-order valence-electron chi connectivity index (χ1n) is 8.34. The highest BCUT2D eigenvalue weighted by atomic mass is 35.5. The Kier molecular flexibility index (Phi) is 4.98. The van der Waals surface area contributed by atoms with Gasteiger partial charge in [0.1, 0.15) is 5.60 Å². The van der Waals surface area contributed by atoms with E-state index in [4.69, 9.17) is 4.74 Å². The van der Waals surface area contributed by atoms with E-state index in [0.29, 0.717) is 23.2 Å². The molecule has 2 N–H and O–H groups in total. The third-order valence-electron chi connectivity index (χ3n) is 4.98. The number of ether oxygens (including phenoxy) is 1. The topological polar surface area (TPSA) is 88.5 Å². The van der Waals surface area contributed by atoms with Crippen molar-refractivity contribution < 1.29 is 19.4 Å². The summed E-state index contributed by atoms with van der Waals surface area (Å²) in [5, 5.41) is 12.6. The Hall–Kier alpha value is -2.44. The summed E-state index contributed by atoms with van der Waals surface area (Å²) in [5.41, 5.74) is 2.12. The molecule has 26 heavy (non-hydrogen) atoms. The summed E-state index contributed by atoms with van der Waals surface area (Å²) in [4.78, 5) is 28.2. The van der Waals surface area contributed by atoms with Crippen molar-refractivity contribution in [2.24, 2.45) is 0 Å². The smallest absolute Gasteiger partial charge is 0.338 e. The molecule has 0 saturated carbocycles. The van der Waals surface area contributed by atoms with Gasteiger partial charge in [0.15, 0.2) is 0 Å². The second-order valence-corrected chi connectivity index (χ2v) is 6.58. The zero-order valence-corrected chi connectivity index (χ0v) is 14.8. The van der Waals surface area contributed by atoms with Gasteiger partial charge in [0.2, 0.25) is 0 Å². The Bertz CT molecular complexity index is 862. The molecule has 136 valence electrons. The maximum atomic E-state index is 12.6. The Labute approximate surface area is 157 Å². The van der Waals surface area contributed by atoms with Crippen LogP contribution in [-0.2, 0) is 11.2 Å². The molecule has 0 atom stereocenters. The van der Waals surface area contributed by atoms with Crippen molar-refractivity contribution in [1.29, 1.82) is 0 Å². The van der Waals surface area contributed by atoms with Crippen molar-refractivity contribution in [3.8, 4) is 11.3 Å². The molecule has 6 nitrogen and oxygen atoms in total. The molecular weight excluding hydrogens is 356 g/mol. The number of aromatic carboxylic acids is 1. The second kappa shape index (κ2) is 7.05. The second-order valence-electron chi connectivity index (χ2n) is 6.58. The lowest BCUT2D eigenvalue weighted by atomic mass is 9.81. The number of benzene rings is 1. The fraction of sp³-hybridized carbons (Fsp3) is 0.316. The van der Waals surface area contributed by atoms with Gasteiger partial charge in [0, 0.05) is 31.0 Å². The number of aromatic nitrogens is 1. The van der Waals surface area contributed by atoms with E-state index in [2.05, 4.69) is 10.3 Å². The summed E-state index contributed by atoms with van der Waals surface area (Å²) in [6.07, 6.45) is 3.86. The highest BCUT2D eigenvalue weighted by Gasteiger charge is 2.41. The molecular formula is C19H19ClN2O4. The molecule has 1 aromatic carbocycles. The molecule has 2 aliphatic heterocycles. The Morgan fingerprint density at radius 1 is 1.23 bits per heavy atom. The maximum absolute atomic E-state index is 12.6. The molecule has 0 bridgehead atoms. The van der Waals surface area contributed by atoms with Gasteiger partial charge in [0.05, 0.1) is 16.8 Å². The lowest BCUT2D eigenvalue weighted by molar-refractivity contribution is -0.0398. The Morgan fingerprint density at radius 3 is 2.73 bits per heavy atom. The predicted molar refractivity (Wildman–Crippen MR) is 97.8 cm³/mol. The molecule has 4 rings (SSSR count). The fourth-order valence-corrected chi connectivity index (χ4v) is 3.67. The van der Waals surface area contributed by atoms with Crippen LogP contribution in [0, 0.1) is 0 Å². The number of carbonyl (C=O) groups excluding carboxylic acids is 1. The molecule has 7 heteroatoms. The van der Waals surface area contributed by atoms with Gasteiger partial charge in [-0.15, -0.1) is 12.4 Å². The third kappa shape index (κ3) is 3.18. The summed E-state index contributed by atoms with van der Waals surface area (Å²) >= 11 is 0. The van der Waals surface area contributed by atoms with Crippen LogP contribution in [0.25, 0.3) is 11.3 Å². The molecule has 0 aliphatic carbocycles. The van der Waals surface area contributed by atoms with Crippen molar-refractivity contribution in [3.05, 3.63) is 53.2 Å². The number of carbonyl (C=O) groups is 2. The predicted octanol–water partition coefficient (Wildman–Crippen LogP) is 2.70. The van der Waals surface area contributed by atoms with Gasteiger partial charge in [-0.1, -0.05) is 12.1 Å². The number of hydrogen-bond donors (Lipinski definition) is 2. The van der Waals surface area contributed by atoms with Crippen LogP contribution in [0.3, 0.4) is 0 Å². The normalized spacial score (nSPS) is 17.8. The summed E-state index contributed by atoms with van der Waals surface area (Å²) < 4.78 is 5.79. The number of halogens is 1. The molecule has 1 fully saturated rings. The lowest BCUT2D eigenvalue weighted by Crippen LogP contribution is -2.49. The minimum atomic E-state index is -1.04. The fourth-order valence-electron chi connectivity index (χ4n) is 3.67. The van der Waals surface area contributed by atoms with Gasteiger partial charge in [-0.2, -0.15) is 0 Å². The van der Waals surface area contributed by atoms with E-state index in [-0.39, 0.29) is 23.9 Å². The quantitative estimate of drug-likeness (QED) is 0.786. The number of nitrogens with zero attached hydrogens (tertiary/aromatic N) is 1. The number of nitrogens with one attached hydrogen (secondary N) is 1. The van der Waals surface area contributed by atoms with E-state index in [0.717, 1.165) is 31.5 Å². The average Bonchev–Trinajstić information content (AvgIpc) is 2.62. The number of carboxylic acids is 1. The van der Waals surface area contributed by atoms with Gasteiger partial charge in [0.25, 0.3) is 0 Å². The Balaban J connectivity index is 0.00000196. The molecule has 1 spiro atoms. The average molecular weight is 375 g/mol. The van der Waals surface area contributed by atoms with Crippen LogP contribution in [0.15, 0.2) is 36.5 Å². The number of carboxylic acid groups (broad SMARTS) is 1. The zero-order valence-electron chi connectivity index (χ0n) is 14.0. The van der Waals surface area contributed by atoms with Crippen LogP contribution in [0.5, 0.6) is 0 Å². The molecule has 2 aliphatic rings. The zero-order chi connectivity index (χ0) is 17.4. The van der Waals surface area contributed by atoms with E-state index >= 15 is 0 Å². The van der Waals surface area contributed by atoms with Gasteiger partial charge in [-0.25, -0.2) is 9.59 Å². The molecule has 2 aromatic rings. The molecule has 1 saturated heterocycles. The number of hydrogen-bond acceptors (Lipinski definition) is 5. The first-order chi connectivity index (χ1) is 12.1. The number of piperidine rings is 1. The minimum absolute atomic E-state index is 0. The highest BCUT2D eigenvalue weighted by molar-refractivity contribution is 5.97. The molecule has 0 amide bonds. The van der Waals surface area contributed by atoms with Gasteiger partial charge >= 0.3 is 11.9 Å². The van der Waals surface area contributed by atoms with E-state index in [9.17, 15) is 14.7 Å². The number of esters is 1. The third-order valence-corrected chi connectivity index (χ3v) is 4.98. The number of fused-ring (bicyclic) bond motifs is 1. The Morgan fingerprint density at radius 2 is 2.00 bits per heavy atom. The van der Waals surface area contributed by atoms with Crippen LogP contribution in [0.4, 0.5) is 0 Å². The van der Waals surface area contributed by atoms with Gasteiger partial charge < -0.3 is 15.2 Å². The number of pyridine rings is 1. The summed E-state index contributed by atoms with van der Waals surface area (Å²) in [5.74, 6) is -1.38. The molecule has 1 aromatic heterocycles. The van der Waals surface area contributed by atoms with Crippen molar-refractivity contribution in [1.82, 2.24) is 10.3 Å². The van der Waals surface area contributed by atoms with E-state index in [1.165, 1.54) is 6.07 Å². The van der Waals surface area contributed by atoms with Crippen molar-refractivity contribution in [2.45, 2.75) is 24.9 Å². The summed E-state index contributed by atoms with van der Waals surface area (Å²) in [7, 11) is 0. The molecule has 3 heterocycles. The highest BCUT2D eigenvalue weighted by Crippen LogP contribution is 2.36. The first kappa shape index (κ1) is 18.4. The first-order valence-corrected chi connectivity index (χ1v) is 8.34. The SMILES string of the molecule is Cl.O=C1OC2(CCNCC2)Cc2ccc(-c3ncccc3C(=O)O)cc21. The van der Waals surface area contributed by atoms with E-state index in [1.54, 1.807) is 18.3 Å². The van der Waals surface area contributed by atoms with Crippen LogP contribution in [0.1, 0.15) is 39.1 Å². The summed E-state index contributed by atoms with van der Waals surface area (Å²) in [6, 6.07) is 8.52. The van der Waals surface area contributed by atoms with Crippen LogP contribution in [-0.4, -0.2) is 40.7 Å². The molecule has 0 radical (unpaired) electrons. The number of rotatable bonds is 2. The maximum Gasteiger partial charge on any atom is 0.338 e. The lowest BCUT2D eigenvalue weighted by Gasteiger charge is -2.40. The van der Waals surface area contributed by atoms with E-state index in [1.807, 2.05) is 12.1 Å². The largest absolute Gasteiger partial charge is 0.478 e.